The second-order valence-electron chi connectivity index (χ2n) is 3.88. The van der Waals surface area contributed by atoms with E-state index in [0.717, 1.165) is 12.8 Å². The van der Waals surface area contributed by atoms with Crippen LogP contribution in [-0.4, -0.2) is 25.1 Å². The zero-order chi connectivity index (χ0) is 12.3. The van der Waals surface area contributed by atoms with Crippen LogP contribution in [0.25, 0.3) is 0 Å². The van der Waals surface area contributed by atoms with Gasteiger partial charge in [-0.05, 0) is 25.0 Å². The van der Waals surface area contributed by atoms with Crippen LogP contribution >= 0.6 is 0 Å². The Balaban J connectivity index is 1.89. The molecule has 0 aromatic carbocycles. The van der Waals surface area contributed by atoms with Crippen LogP contribution in [0.4, 0.5) is 0 Å². The third kappa shape index (κ3) is 3.24. The maximum atomic E-state index is 11.1. The summed E-state index contributed by atoms with van der Waals surface area (Å²) >= 11 is 0. The summed E-state index contributed by atoms with van der Waals surface area (Å²) in [5, 5.41) is 3.06. The highest BCUT2D eigenvalue weighted by Crippen LogP contribution is 2.18. The fourth-order valence-electron chi connectivity index (χ4n) is 1.32. The number of guanidine groups is 1. The number of rotatable bonds is 4. The van der Waals surface area contributed by atoms with Gasteiger partial charge in [-0.3, -0.25) is 0 Å². The van der Waals surface area contributed by atoms with Crippen molar-refractivity contribution in [1.82, 2.24) is 5.32 Å². The first-order valence-electron chi connectivity index (χ1n) is 5.42. The lowest BCUT2D eigenvalue weighted by Crippen LogP contribution is -2.33. The van der Waals surface area contributed by atoms with Crippen LogP contribution in [0, 0.1) is 0 Å². The van der Waals surface area contributed by atoms with Crippen molar-refractivity contribution in [2.75, 3.05) is 7.11 Å². The third-order valence-electron chi connectivity index (χ3n) is 2.38. The van der Waals surface area contributed by atoms with Crippen molar-refractivity contribution in [1.29, 1.82) is 0 Å². The summed E-state index contributed by atoms with van der Waals surface area (Å²) in [7, 11) is 1.31. The van der Waals surface area contributed by atoms with Crippen LogP contribution in [0.15, 0.2) is 21.5 Å². The number of carbonyl (C=O) groups excluding carboxylic acids is 1. The number of nitrogens with zero attached hydrogens (tertiary/aromatic N) is 1. The molecule has 0 amide bonds. The molecule has 1 saturated carbocycles. The number of hydrogen-bond donors (Lipinski definition) is 2. The minimum atomic E-state index is -0.496. The molecule has 0 saturated heterocycles. The molecule has 1 fully saturated rings. The van der Waals surface area contributed by atoms with E-state index in [1.54, 1.807) is 12.1 Å². The molecule has 3 N–H and O–H groups in total. The van der Waals surface area contributed by atoms with Gasteiger partial charge in [-0.2, -0.15) is 0 Å². The predicted octanol–water partition coefficient (Wildman–Crippen LogP) is 0.633. The zero-order valence-corrected chi connectivity index (χ0v) is 9.60. The highest BCUT2D eigenvalue weighted by molar-refractivity contribution is 5.86. The Kier molecular flexibility index (Phi) is 3.32. The van der Waals surface area contributed by atoms with Crippen molar-refractivity contribution in [3.63, 3.8) is 0 Å². The average molecular weight is 237 g/mol. The largest absolute Gasteiger partial charge is 0.463 e. The van der Waals surface area contributed by atoms with E-state index in [9.17, 15) is 4.79 Å². The Bertz CT molecular complexity index is 435. The smallest absolute Gasteiger partial charge is 0.373 e. The molecule has 0 radical (unpaired) electrons. The summed E-state index contributed by atoms with van der Waals surface area (Å²) in [5.41, 5.74) is 5.66. The molecule has 1 aliphatic rings. The summed E-state index contributed by atoms with van der Waals surface area (Å²) in [5.74, 6) is 0.658. The monoisotopic (exact) mass is 237 g/mol. The molecule has 0 aliphatic heterocycles. The SMILES string of the molecule is COC(=O)c1ccc(CN=C(N)NC2CC2)o1. The van der Waals surface area contributed by atoms with Crippen LogP contribution < -0.4 is 11.1 Å². The van der Waals surface area contributed by atoms with E-state index in [2.05, 4.69) is 15.0 Å². The van der Waals surface area contributed by atoms with Crippen molar-refractivity contribution in [2.24, 2.45) is 10.7 Å². The highest BCUT2D eigenvalue weighted by Gasteiger charge is 2.21. The molecule has 6 nitrogen and oxygen atoms in total. The number of nitrogens with one attached hydrogen (secondary N) is 1. The second-order valence-corrected chi connectivity index (χ2v) is 3.88. The van der Waals surface area contributed by atoms with Gasteiger partial charge in [0.2, 0.25) is 5.76 Å². The van der Waals surface area contributed by atoms with Crippen molar-refractivity contribution >= 4 is 11.9 Å². The normalized spacial score (nSPS) is 15.7. The van der Waals surface area contributed by atoms with Crippen molar-refractivity contribution < 1.29 is 13.9 Å². The molecule has 0 spiro atoms. The first-order valence-corrected chi connectivity index (χ1v) is 5.42. The minimum absolute atomic E-state index is 0.173. The maximum Gasteiger partial charge on any atom is 0.373 e. The van der Waals surface area contributed by atoms with Gasteiger partial charge in [0.25, 0.3) is 0 Å². The lowest BCUT2D eigenvalue weighted by Gasteiger charge is -2.01. The van der Waals surface area contributed by atoms with Gasteiger partial charge in [-0.1, -0.05) is 0 Å². The van der Waals surface area contributed by atoms with Crippen molar-refractivity contribution in [3.8, 4) is 0 Å². The Morgan fingerprint density at radius 3 is 3.06 bits per heavy atom. The van der Waals surface area contributed by atoms with Crippen molar-refractivity contribution in [2.45, 2.75) is 25.4 Å². The summed E-state index contributed by atoms with van der Waals surface area (Å²) in [6.07, 6.45) is 2.28. The molecule has 17 heavy (non-hydrogen) atoms. The zero-order valence-electron chi connectivity index (χ0n) is 9.60. The molecule has 1 heterocycles. The lowest BCUT2D eigenvalue weighted by molar-refractivity contribution is 0.0563. The molecule has 1 aromatic rings. The maximum absolute atomic E-state index is 11.1. The number of methoxy groups -OCH3 is 1. The number of carbonyl (C=O) groups is 1. The summed E-state index contributed by atoms with van der Waals surface area (Å²) in [6.45, 7) is 0.308. The van der Waals surface area contributed by atoms with Gasteiger partial charge in [0.15, 0.2) is 5.96 Å². The van der Waals surface area contributed by atoms with Gasteiger partial charge in [-0.25, -0.2) is 9.79 Å². The van der Waals surface area contributed by atoms with Crippen molar-refractivity contribution in [3.05, 3.63) is 23.7 Å². The molecular formula is C11H15N3O3. The van der Waals surface area contributed by atoms with Crippen LogP contribution in [-0.2, 0) is 11.3 Å². The molecule has 0 atom stereocenters. The van der Waals surface area contributed by atoms with E-state index in [1.165, 1.54) is 7.11 Å². The second kappa shape index (κ2) is 4.90. The highest BCUT2D eigenvalue weighted by atomic mass is 16.5. The predicted molar refractivity (Wildman–Crippen MR) is 61.5 cm³/mol. The molecule has 2 rings (SSSR count). The van der Waals surface area contributed by atoms with Crippen LogP contribution in [0.1, 0.15) is 29.2 Å². The fourth-order valence-corrected chi connectivity index (χ4v) is 1.32. The third-order valence-corrected chi connectivity index (χ3v) is 2.38. The van der Waals surface area contributed by atoms with Crippen LogP contribution in [0.3, 0.4) is 0 Å². The number of furan rings is 1. The number of esters is 1. The van der Waals surface area contributed by atoms with E-state index in [0.29, 0.717) is 24.3 Å². The minimum Gasteiger partial charge on any atom is -0.463 e. The summed E-state index contributed by atoms with van der Waals surface area (Å²) in [6, 6.07) is 3.71. The Morgan fingerprint density at radius 1 is 1.65 bits per heavy atom. The molecule has 6 heteroatoms. The first kappa shape index (κ1) is 11.5. The molecule has 0 bridgehead atoms. The molecule has 92 valence electrons. The van der Waals surface area contributed by atoms with Gasteiger partial charge < -0.3 is 20.2 Å². The van der Waals surface area contributed by atoms with Gasteiger partial charge in [0.05, 0.1) is 7.11 Å². The Labute approximate surface area is 98.8 Å². The van der Waals surface area contributed by atoms with Gasteiger partial charge in [0, 0.05) is 6.04 Å². The van der Waals surface area contributed by atoms with E-state index in [-0.39, 0.29) is 5.76 Å². The van der Waals surface area contributed by atoms with E-state index in [4.69, 9.17) is 10.2 Å². The first-order chi connectivity index (χ1) is 8.19. The van der Waals surface area contributed by atoms with E-state index < -0.39 is 5.97 Å². The van der Waals surface area contributed by atoms with E-state index >= 15 is 0 Å². The standard InChI is InChI=1S/C11H15N3O3/c1-16-10(15)9-5-4-8(17-9)6-13-11(12)14-7-2-3-7/h4-5,7H,2-3,6H2,1H3,(H3,12,13,14). The number of hydrogen-bond acceptors (Lipinski definition) is 4. The van der Waals surface area contributed by atoms with Crippen LogP contribution in [0.2, 0.25) is 0 Å². The van der Waals surface area contributed by atoms with Gasteiger partial charge in [0.1, 0.15) is 12.3 Å². The van der Waals surface area contributed by atoms with E-state index in [1.807, 2.05) is 0 Å². The molecule has 1 aromatic heterocycles. The number of nitrogens with two attached hydrogens (primary N) is 1. The average Bonchev–Trinajstić information content (AvgIpc) is 3.00. The molecular weight excluding hydrogens is 222 g/mol. The lowest BCUT2D eigenvalue weighted by atomic mass is 10.4. The summed E-state index contributed by atoms with van der Waals surface area (Å²) in [4.78, 5) is 15.2. The molecule has 1 aliphatic carbocycles. The van der Waals surface area contributed by atoms with Crippen LogP contribution in [0.5, 0.6) is 0 Å². The Morgan fingerprint density at radius 2 is 2.41 bits per heavy atom. The van der Waals surface area contributed by atoms with Gasteiger partial charge in [-0.15, -0.1) is 0 Å². The Hall–Kier alpha value is -1.98. The summed E-state index contributed by atoms with van der Waals surface area (Å²) < 4.78 is 9.77. The fraction of sp³-hybridized carbons (Fsp3) is 0.455. The molecule has 0 unspecified atom stereocenters. The topological polar surface area (TPSA) is 89.8 Å². The number of ether oxygens (including phenoxy) is 1. The quantitative estimate of drug-likeness (QED) is 0.455. The number of aliphatic imine (C=N–C) groups is 1. The van der Waals surface area contributed by atoms with Gasteiger partial charge >= 0.3 is 5.97 Å².